The van der Waals surface area contributed by atoms with Crippen LogP contribution in [0.25, 0.3) is 11.0 Å². The normalized spacial score (nSPS) is 11.7. The highest BCUT2D eigenvalue weighted by Gasteiger charge is 2.16. The van der Waals surface area contributed by atoms with E-state index in [1.54, 1.807) is 0 Å². The van der Waals surface area contributed by atoms with Crippen LogP contribution in [-0.2, 0) is 0 Å². The molecule has 5 heteroatoms. The summed E-state index contributed by atoms with van der Waals surface area (Å²) in [4.78, 5) is 4.37. The van der Waals surface area contributed by atoms with Crippen LogP contribution in [0.5, 0.6) is 0 Å². The van der Waals surface area contributed by atoms with Crippen molar-refractivity contribution in [3.05, 3.63) is 24.3 Å². The summed E-state index contributed by atoms with van der Waals surface area (Å²) in [5, 5.41) is 11.2. The predicted octanol–water partition coefficient (Wildman–Crippen LogP) is 1.17. The Kier molecular flexibility index (Phi) is 2.70. The van der Waals surface area contributed by atoms with Gasteiger partial charge in [0.15, 0.2) is 0 Å². The van der Waals surface area contributed by atoms with Crippen molar-refractivity contribution in [3.8, 4) is 0 Å². The Morgan fingerprint density at radius 2 is 1.88 bits per heavy atom. The van der Waals surface area contributed by atoms with E-state index in [-0.39, 0.29) is 5.54 Å². The highest BCUT2D eigenvalue weighted by atomic mass is 15.3. The van der Waals surface area contributed by atoms with Crippen molar-refractivity contribution in [1.29, 1.82) is 0 Å². The smallest absolute Gasteiger partial charge is 0.243 e. The number of hydrogen-bond acceptors (Lipinski definition) is 5. The SMILES string of the molecule is CC(C)(CN)Nc1nnc2ccccc2n1. The van der Waals surface area contributed by atoms with Gasteiger partial charge in [0.25, 0.3) is 0 Å². The molecule has 0 aliphatic rings. The van der Waals surface area contributed by atoms with Crippen LogP contribution < -0.4 is 11.1 Å². The van der Waals surface area contributed by atoms with Gasteiger partial charge < -0.3 is 11.1 Å². The molecule has 0 bridgehead atoms. The van der Waals surface area contributed by atoms with Crippen molar-refractivity contribution in [2.24, 2.45) is 5.73 Å². The largest absolute Gasteiger partial charge is 0.347 e. The first-order valence-electron chi connectivity index (χ1n) is 5.18. The number of benzene rings is 1. The van der Waals surface area contributed by atoms with Gasteiger partial charge in [-0.2, -0.15) is 0 Å². The summed E-state index contributed by atoms with van der Waals surface area (Å²) in [6.07, 6.45) is 0. The van der Waals surface area contributed by atoms with E-state index in [4.69, 9.17) is 5.73 Å². The van der Waals surface area contributed by atoms with Crippen molar-refractivity contribution in [2.75, 3.05) is 11.9 Å². The first-order valence-corrected chi connectivity index (χ1v) is 5.18. The van der Waals surface area contributed by atoms with E-state index in [9.17, 15) is 0 Å². The molecule has 0 spiro atoms. The molecule has 0 radical (unpaired) electrons. The molecule has 2 aromatic rings. The highest BCUT2D eigenvalue weighted by molar-refractivity contribution is 5.74. The van der Waals surface area contributed by atoms with Crippen molar-refractivity contribution in [3.63, 3.8) is 0 Å². The Hall–Kier alpha value is -1.75. The van der Waals surface area contributed by atoms with Crippen LogP contribution in [-0.4, -0.2) is 27.3 Å². The molecule has 0 aliphatic carbocycles. The number of fused-ring (bicyclic) bond motifs is 1. The predicted molar refractivity (Wildman–Crippen MR) is 64.1 cm³/mol. The van der Waals surface area contributed by atoms with Gasteiger partial charge in [-0.1, -0.05) is 12.1 Å². The molecular formula is C11H15N5. The molecule has 84 valence electrons. The minimum Gasteiger partial charge on any atom is -0.347 e. The third kappa shape index (κ3) is 2.25. The van der Waals surface area contributed by atoms with Crippen LogP contribution in [0.3, 0.4) is 0 Å². The van der Waals surface area contributed by atoms with Crippen molar-refractivity contribution in [1.82, 2.24) is 15.2 Å². The summed E-state index contributed by atoms with van der Waals surface area (Å²) in [6, 6.07) is 7.63. The number of hydrogen-bond donors (Lipinski definition) is 2. The quantitative estimate of drug-likeness (QED) is 0.807. The van der Waals surface area contributed by atoms with Gasteiger partial charge in [0.1, 0.15) is 5.52 Å². The van der Waals surface area contributed by atoms with Crippen LogP contribution in [0, 0.1) is 0 Å². The zero-order valence-corrected chi connectivity index (χ0v) is 9.44. The van der Waals surface area contributed by atoms with Crippen molar-refractivity contribution >= 4 is 17.0 Å². The number of nitrogens with zero attached hydrogens (tertiary/aromatic N) is 3. The molecule has 1 heterocycles. The molecular weight excluding hydrogens is 202 g/mol. The van der Waals surface area contributed by atoms with Gasteiger partial charge in [-0.3, -0.25) is 0 Å². The number of nitrogens with one attached hydrogen (secondary N) is 1. The van der Waals surface area contributed by atoms with Crippen LogP contribution in [0.1, 0.15) is 13.8 Å². The molecule has 1 aromatic carbocycles. The van der Waals surface area contributed by atoms with E-state index < -0.39 is 0 Å². The van der Waals surface area contributed by atoms with Gasteiger partial charge in [-0.05, 0) is 26.0 Å². The fraction of sp³-hybridized carbons (Fsp3) is 0.364. The summed E-state index contributed by atoms with van der Waals surface area (Å²) in [5.74, 6) is 0.508. The second-order valence-corrected chi connectivity index (χ2v) is 4.34. The summed E-state index contributed by atoms with van der Waals surface area (Å²) < 4.78 is 0. The fourth-order valence-electron chi connectivity index (χ4n) is 1.29. The minimum atomic E-state index is -0.232. The average molecular weight is 217 g/mol. The van der Waals surface area contributed by atoms with Gasteiger partial charge in [0.05, 0.1) is 5.52 Å². The van der Waals surface area contributed by atoms with Crippen LogP contribution in [0.4, 0.5) is 5.95 Å². The number of rotatable bonds is 3. The standard InChI is InChI=1S/C11H15N5/c1-11(2,7-12)14-10-13-8-5-3-4-6-9(8)15-16-10/h3-6H,7,12H2,1-2H3,(H,13,14,16). The van der Waals surface area contributed by atoms with Crippen LogP contribution >= 0.6 is 0 Å². The Labute approximate surface area is 94.1 Å². The molecule has 0 fully saturated rings. The zero-order valence-electron chi connectivity index (χ0n) is 9.44. The maximum Gasteiger partial charge on any atom is 0.243 e. The van der Waals surface area contributed by atoms with Crippen molar-refractivity contribution in [2.45, 2.75) is 19.4 Å². The molecule has 2 rings (SSSR count). The third-order valence-electron chi connectivity index (χ3n) is 2.32. The van der Waals surface area contributed by atoms with E-state index in [0.717, 1.165) is 11.0 Å². The van der Waals surface area contributed by atoms with Gasteiger partial charge in [0, 0.05) is 12.1 Å². The molecule has 0 unspecified atom stereocenters. The van der Waals surface area contributed by atoms with E-state index in [1.165, 1.54) is 0 Å². The van der Waals surface area contributed by atoms with Gasteiger partial charge in [-0.15, -0.1) is 10.2 Å². The summed E-state index contributed by atoms with van der Waals surface area (Å²) in [7, 11) is 0. The van der Waals surface area contributed by atoms with Gasteiger partial charge in [-0.25, -0.2) is 4.98 Å². The zero-order chi connectivity index (χ0) is 11.6. The molecule has 0 saturated heterocycles. The lowest BCUT2D eigenvalue weighted by Crippen LogP contribution is -2.39. The second-order valence-electron chi connectivity index (χ2n) is 4.34. The summed E-state index contributed by atoms with van der Waals surface area (Å²) in [6.45, 7) is 4.49. The highest BCUT2D eigenvalue weighted by Crippen LogP contribution is 2.12. The fourth-order valence-corrected chi connectivity index (χ4v) is 1.29. The van der Waals surface area contributed by atoms with Crippen LogP contribution in [0.2, 0.25) is 0 Å². The van der Waals surface area contributed by atoms with E-state index in [0.29, 0.717) is 12.5 Å². The second kappa shape index (κ2) is 4.02. The number of aromatic nitrogens is 3. The lowest BCUT2D eigenvalue weighted by Gasteiger charge is -2.23. The number of anilines is 1. The maximum atomic E-state index is 5.63. The lowest BCUT2D eigenvalue weighted by molar-refractivity contribution is 0.573. The topological polar surface area (TPSA) is 76.7 Å². The average Bonchev–Trinajstić information content (AvgIpc) is 2.28. The maximum absolute atomic E-state index is 5.63. The first-order chi connectivity index (χ1) is 7.61. The Bertz CT molecular complexity index is 494. The first kappa shape index (κ1) is 10.8. The van der Waals surface area contributed by atoms with E-state index in [2.05, 4.69) is 20.5 Å². The molecule has 0 saturated carbocycles. The Morgan fingerprint density at radius 3 is 2.56 bits per heavy atom. The third-order valence-corrected chi connectivity index (χ3v) is 2.32. The summed E-state index contributed by atoms with van der Waals surface area (Å²) in [5.41, 5.74) is 7.01. The molecule has 0 atom stereocenters. The number of nitrogens with two attached hydrogens (primary N) is 1. The minimum absolute atomic E-state index is 0.232. The monoisotopic (exact) mass is 217 g/mol. The Morgan fingerprint density at radius 1 is 1.19 bits per heavy atom. The Balaban J connectivity index is 2.33. The molecule has 5 nitrogen and oxygen atoms in total. The molecule has 3 N–H and O–H groups in total. The van der Waals surface area contributed by atoms with Gasteiger partial charge >= 0.3 is 0 Å². The van der Waals surface area contributed by atoms with Crippen molar-refractivity contribution < 1.29 is 0 Å². The molecule has 1 aromatic heterocycles. The van der Waals surface area contributed by atoms with E-state index in [1.807, 2.05) is 38.1 Å². The number of para-hydroxylation sites is 1. The summed E-state index contributed by atoms with van der Waals surface area (Å²) >= 11 is 0. The van der Waals surface area contributed by atoms with E-state index >= 15 is 0 Å². The molecule has 16 heavy (non-hydrogen) atoms. The molecule has 0 amide bonds. The van der Waals surface area contributed by atoms with Gasteiger partial charge in [0.2, 0.25) is 5.95 Å². The van der Waals surface area contributed by atoms with Crippen LogP contribution in [0.15, 0.2) is 24.3 Å². The molecule has 0 aliphatic heterocycles. The lowest BCUT2D eigenvalue weighted by atomic mass is 10.1.